The summed E-state index contributed by atoms with van der Waals surface area (Å²) in [5, 5.41) is 10.9. The monoisotopic (exact) mass is 216 g/mol. The van der Waals surface area contributed by atoms with E-state index in [4.69, 9.17) is 5.11 Å². The smallest absolute Gasteiger partial charge is 0.312 e. The molecule has 0 heterocycles. The van der Waals surface area contributed by atoms with Crippen LogP contribution >= 0.6 is 0 Å². The van der Waals surface area contributed by atoms with Crippen molar-refractivity contribution in [3.8, 4) is 0 Å². The van der Waals surface area contributed by atoms with Crippen molar-refractivity contribution in [1.82, 2.24) is 10.2 Å². The Bertz CT molecular complexity index is 265. The average molecular weight is 216 g/mol. The minimum absolute atomic E-state index is 0.176. The molecule has 0 aliphatic rings. The van der Waals surface area contributed by atoms with Crippen LogP contribution in [0.1, 0.15) is 13.3 Å². The Morgan fingerprint density at radius 2 is 1.93 bits per heavy atom. The van der Waals surface area contributed by atoms with Crippen LogP contribution < -0.4 is 5.32 Å². The van der Waals surface area contributed by atoms with E-state index in [0.717, 1.165) is 0 Å². The van der Waals surface area contributed by atoms with Gasteiger partial charge in [0.05, 0.1) is 5.92 Å². The Labute approximate surface area is 88.2 Å². The second-order valence-electron chi connectivity index (χ2n) is 3.36. The molecule has 0 saturated heterocycles. The van der Waals surface area contributed by atoms with Crippen LogP contribution in [-0.4, -0.2) is 48.4 Å². The first-order valence-electron chi connectivity index (χ1n) is 4.55. The number of hydrogen-bond acceptors (Lipinski definition) is 3. The molecule has 0 spiro atoms. The lowest BCUT2D eigenvalue weighted by Gasteiger charge is -2.19. The number of hydrogen-bond donors (Lipinski definition) is 2. The summed E-state index contributed by atoms with van der Waals surface area (Å²) in [5.41, 5.74) is 0. The van der Waals surface area contributed by atoms with E-state index in [0.29, 0.717) is 0 Å². The summed E-state index contributed by atoms with van der Waals surface area (Å²) in [5.74, 6) is -2.19. The van der Waals surface area contributed by atoms with Crippen LogP contribution in [0.5, 0.6) is 0 Å². The minimum atomic E-state index is -1.17. The summed E-state index contributed by atoms with van der Waals surface area (Å²) in [6, 6.07) is 0. The van der Waals surface area contributed by atoms with Gasteiger partial charge in [-0.1, -0.05) is 6.92 Å². The lowest BCUT2D eigenvalue weighted by Crippen LogP contribution is -2.37. The Morgan fingerprint density at radius 3 is 2.33 bits per heavy atom. The van der Waals surface area contributed by atoms with Crippen molar-refractivity contribution in [2.24, 2.45) is 5.92 Å². The molecule has 0 radical (unpaired) electrons. The third-order valence-electron chi connectivity index (χ3n) is 1.97. The van der Waals surface area contributed by atoms with Gasteiger partial charge in [-0.2, -0.15) is 0 Å². The maximum atomic E-state index is 11.2. The largest absolute Gasteiger partial charge is 0.481 e. The molecule has 0 aliphatic heterocycles. The summed E-state index contributed by atoms with van der Waals surface area (Å²) in [4.78, 5) is 33.8. The number of carboxylic acid groups (broad SMARTS) is 1. The fourth-order valence-electron chi connectivity index (χ4n) is 1.11. The summed E-state index contributed by atoms with van der Waals surface area (Å²) in [6.07, 6.45) is -0.545. The van der Waals surface area contributed by atoms with Crippen LogP contribution in [-0.2, 0) is 14.4 Å². The average Bonchev–Trinajstić information content (AvgIpc) is 2.15. The lowest BCUT2D eigenvalue weighted by atomic mass is 10.1. The highest BCUT2D eigenvalue weighted by atomic mass is 16.4. The number of amides is 2. The number of rotatable bonds is 5. The molecule has 6 heteroatoms. The molecule has 0 aromatic heterocycles. The van der Waals surface area contributed by atoms with E-state index in [-0.39, 0.29) is 18.4 Å². The molecule has 1 atom stereocenters. The first-order chi connectivity index (χ1) is 6.88. The molecular formula is C9H16N2O4. The van der Waals surface area contributed by atoms with Crippen molar-refractivity contribution in [3.63, 3.8) is 0 Å². The van der Waals surface area contributed by atoms with E-state index in [1.807, 2.05) is 0 Å². The summed E-state index contributed by atoms with van der Waals surface area (Å²) in [7, 11) is 2.99. The zero-order chi connectivity index (χ0) is 12.0. The van der Waals surface area contributed by atoms with E-state index >= 15 is 0 Å². The van der Waals surface area contributed by atoms with Crippen molar-refractivity contribution in [2.75, 3.05) is 20.6 Å². The van der Waals surface area contributed by atoms with E-state index in [1.54, 1.807) is 6.92 Å². The predicted molar refractivity (Wildman–Crippen MR) is 53.1 cm³/mol. The zero-order valence-electron chi connectivity index (χ0n) is 9.11. The zero-order valence-corrected chi connectivity index (χ0v) is 9.11. The lowest BCUT2D eigenvalue weighted by molar-refractivity contribution is -0.143. The first kappa shape index (κ1) is 13.4. The maximum Gasteiger partial charge on any atom is 0.312 e. The standard InChI is InChI=1S/C9H16N2O4/c1-6(9(15)10-2)5-11(3)7(12)4-8(13)14/h6H,4-5H2,1-3H3,(H,10,15)(H,13,14). The van der Waals surface area contributed by atoms with Gasteiger partial charge in [0.1, 0.15) is 6.42 Å². The van der Waals surface area contributed by atoms with Crippen LogP contribution in [0.2, 0.25) is 0 Å². The number of nitrogens with one attached hydrogen (secondary N) is 1. The van der Waals surface area contributed by atoms with Gasteiger partial charge in [0.2, 0.25) is 11.8 Å². The van der Waals surface area contributed by atoms with Crippen LogP contribution in [0.25, 0.3) is 0 Å². The van der Waals surface area contributed by atoms with Crippen LogP contribution in [0, 0.1) is 5.92 Å². The third-order valence-corrected chi connectivity index (χ3v) is 1.97. The van der Waals surface area contributed by atoms with E-state index in [2.05, 4.69) is 5.32 Å². The van der Waals surface area contributed by atoms with Crippen molar-refractivity contribution >= 4 is 17.8 Å². The molecule has 15 heavy (non-hydrogen) atoms. The summed E-state index contributed by atoms with van der Waals surface area (Å²) >= 11 is 0. The summed E-state index contributed by atoms with van der Waals surface area (Å²) in [6.45, 7) is 1.88. The fraction of sp³-hybridized carbons (Fsp3) is 0.667. The highest BCUT2D eigenvalue weighted by Gasteiger charge is 2.18. The van der Waals surface area contributed by atoms with Gasteiger partial charge in [0.15, 0.2) is 0 Å². The SMILES string of the molecule is CNC(=O)C(C)CN(C)C(=O)CC(=O)O. The van der Waals surface area contributed by atoms with Crippen molar-refractivity contribution < 1.29 is 19.5 Å². The van der Waals surface area contributed by atoms with Gasteiger partial charge in [-0.25, -0.2) is 0 Å². The Kier molecular flexibility index (Phi) is 5.36. The quantitative estimate of drug-likeness (QED) is 0.595. The highest BCUT2D eigenvalue weighted by molar-refractivity contribution is 5.93. The van der Waals surface area contributed by atoms with Gasteiger partial charge < -0.3 is 15.3 Å². The van der Waals surface area contributed by atoms with Crippen LogP contribution in [0.15, 0.2) is 0 Å². The minimum Gasteiger partial charge on any atom is -0.481 e. The van der Waals surface area contributed by atoms with Crippen molar-refractivity contribution in [2.45, 2.75) is 13.3 Å². The van der Waals surface area contributed by atoms with Crippen LogP contribution in [0.3, 0.4) is 0 Å². The van der Waals surface area contributed by atoms with Gasteiger partial charge in [-0.3, -0.25) is 14.4 Å². The number of carbonyl (C=O) groups excluding carboxylic acids is 2. The number of aliphatic carboxylic acids is 1. The second kappa shape index (κ2) is 6.00. The maximum absolute atomic E-state index is 11.2. The molecule has 2 amide bonds. The van der Waals surface area contributed by atoms with E-state index in [9.17, 15) is 14.4 Å². The molecule has 0 fully saturated rings. The second-order valence-corrected chi connectivity index (χ2v) is 3.36. The first-order valence-corrected chi connectivity index (χ1v) is 4.55. The third kappa shape index (κ3) is 4.99. The van der Waals surface area contributed by atoms with Gasteiger partial charge in [0, 0.05) is 20.6 Å². The number of nitrogens with zero attached hydrogens (tertiary/aromatic N) is 1. The van der Waals surface area contributed by atoms with Crippen LogP contribution in [0.4, 0.5) is 0 Å². The Morgan fingerprint density at radius 1 is 1.40 bits per heavy atom. The molecule has 6 nitrogen and oxygen atoms in total. The molecule has 0 aromatic carbocycles. The van der Waals surface area contributed by atoms with E-state index < -0.39 is 18.3 Å². The molecule has 2 N–H and O–H groups in total. The Balaban J connectivity index is 4.12. The topological polar surface area (TPSA) is 86.7 Å². The van der Waals surface area contributed by atoms with Crippen molar-refractivity contribution in [1.29, 1.82) is 0 Å². The summed E-state index contributed by atoms with van der Waals surface area (Å²) < 4.78 is 0. The normalized spacial score (nSPS) is 11.7. The molecule has 86 valence electrons. The molecule has 1 unspecified atom stereocenters. The van der Waals surface area contributed by atoms with Crippen molar-refractivity contribution in [3.05, 3.63) is 0 Å². The van der Waals surface area contributed by atoms with Gasteiger partial charge in [-0.15, -0.1) is 0 Å². The molecule has 0 saturated carbocycles. The van der Waals surface area contributed by atoms with Gasteiger partial charge in [0.25, 0.3) is 0 Å². The highest BCUT2D eigenvalue weighted by Crippen LogP contribution is 2.00. The molecular weight excluding hydrogens is 200 g/mol. The predicted octanol–water partition coefficient (Wildman–Crippen LogP) is -0.698. The molecule has 0 aromatic rings. The number of carboxylic acids is 1. The van der Waals surface area contributed by atoms with E-state index in [1.165, 1.54) is 19.0 Å². The molecule has 0 aliphatic carbocycles. The fourth-order valence-corrected chi connectivity index (χ4v) is 1.11. The number of carbonyl (C=O) groups is 3. The molecule has 0 rings (SSSR count). The molecule has 0 bridgehead atoms. The Hall–Kier alpha value is -1.59. The van der Waals surface area contributed by atoms with Gasteiger partial charge in [-0.05, 0) is 0 Å². The van der Waals surface area contributed by atoms with Gasteiger partial charge >= 0.3 is 5.97 Å².